The van der Waals surface area contributed by atoms with Gasteiger partial charge in [0.05, 0.1) is 6.20 Å². The van der Waals surface area contributed by atoms with Gasteiger partial charge in [0.15, 0.2) is 0 Å². The van der Waals surface area contributed by atoms with E-state index in [0.717, 1.165) is 11.4 Å². The van der Waals surface area contributed by atoms with Gasteiger partial charge in [-0.15, -0.1) is 0 Å². The summed E-state index contributed by atoms with van der Waals surface area (Å²) in [6.45, 7) is 16.0. The fourth-order valence-electron chi connectivity index (χ4n) is 1.57. The molecular formula is C19H32FN3. The second-order valence-electron chi connectivity index (χ2n) is 6.11. The van der Waals surface area contributed by atoms with Crippen LogP contribution in [0.2, 0.25) is 0 Å². The predicted octanol–water partition coefficient (Wildman–Crippen LogP) is 5.71. The van der Waals surface area contributed by atoms with Gasteiger partial charge < -0.3 is 5.32 Å². The summed E-state index contributed by atoms with van der Waals surface area (Å²) in [4.78, 5) is 7.92. The monoisotopic (exact) mass is 321 g/mol. The molecule has 0 bridgehead atoms. The SMILES string of the molecule is CC.Cc1cccnc1NC(C)(C)C.Cc1cncc(F)c1C.[HH]. The number of rotatable bonds is 1. The minimum Gasteiger partial charge on any atom is -0.365 e. The molecule has 0 radical (unpaired) electrons. The number of pyridine rings is 2. The molecule has 23 heavy (non-hydrogen) atoms. The van der Waals surface area contributed by atoms with E-state index in [1.165, 1.54) is 11.8 Å². The predicted molar refractivity (Wildman–Crippen MR) is 99.5 cm³/mol. The number of hydrogen-bond acceptors (Lipinski definition) is 3. The van der Waals surface area contributed by atoms with Crippen LogP contribution in [0.1, 0.15) is 52.7 Å². The summed E-state index contributed by atoms with van der Waals surface area (Å²) in [5.74, 6) is 0.750. The zero-order valence-corrected chi connectivity index (χ0v) is 15.7. The summed E-state index contributed by atoms with van der Waals surface area (Å²) in [5, 5.41) is 3.34. The Morgan fingerprint density at radius 1 is 1.04 bits per heavy atom. The summed E-state index contributed by atoms with van der Waals surface area (Å²) in [6.07, 6.45) is 4.68. The van der Waals surface area contributed by atoms with Gasteiger partial charge in [-0.1, -0.05) is 19.9 Å². The van der Waals surface area contributed by atoms with Crippen molar-refractivity contribution in [1.29, 1.82) is 0 Å². The van der Waals surface area contributed by atoms with Crippen LogP contribution < -0.4 is 5.32 Å². The van der Waals surface area contributed by atoms with Crippen molar-refractivity contribution in [3.63, 3.8) is 0 Å². The van der Waals surface area contributed by atoms with Gasteiger partial charge in [0.1, 0.15) is 11.6 Å². The van der Waals surface area contributed by atoms with E-state index in [-0.39, 0.29) is 12.8 Å². The highest BCUT2D eigenvalue weighted by Gasteiger charge is 2.10. The van der Waals surface area contributed by atoms with Crippen molar-refractivity contribution in [3.05, 3.63) is 53.2 Å². The molecule has 0 atom stereocenters. The molecule has 2 rings (SSSR count). The Hall–Kier alpha value is -1.97. The topological polar surface area (TPSA) is 37.8 Å². The molecule has 0 spiro atoms. The number of hydrogen-bond donors (Lipinski definition) is 1. The van der Waals surface area contributed by atoms with Crippen LogP contribution in [-0.4, -0.2) is 15.5 Å². The van der Waals surface area contributed by atoms with E-state index in [4.69, 9.17) is 0 Å². The van der Waals surface area contributed by atoms with E-state index in [9.17, 15) is 4.39 Å². The number of anilines is 1. The van der Waals surface area contributed by atoms with Crippen LogP contribution in [0.15, 0.2) is 30.7 Å². The van der Waals surface area contributed by atoms with Crippen molar-refractivity contribution in [2.75, 3.05) is 5.32 Å². The molecule has 3 nitrogen and oxygen atoms in total. The van der Waals surface area contributed by atoms with Crippen LogP contribution >= 0.6 is 0 Å². The van der Waals surface area contributed by atoms with Crippen molar-refractivity contribution in [2.45, 2.75) is 60.9 Å². The molecule has 4 heteroatoms. The Balaban J connectivity index is 0. The van der Waals surface area contributed by atoms with Gasteiger partial charge >= 0.3 is 0 Å². The van der Waals surface area contributed by atoms with E-state index in [2.05, 4.69) is 49.0 Å². The van der Waals surface area contributed by atoms with Gasteiger partial charge in [0, 0.05) is 19.4 Å². The molecule has 2 aromatic rings. The molecule has 0 saturated heterocycles. The molecular weight excluding hydrogens is 289 g/mol. The van der Waals surface area contributed by atoms with Gasteiger partial charge in [-0.05, 0) is 64.3 Å². The lowest BCUT2D eigenvalue weighted by Crippen LogP contribution is -2.27. The Morgan fingerprint density at radius 2 is 1.65 bits per heavy atom. The van der Waals surface area contributed by atoms with E-state index in [1.807, 2.05) is 26.8 Å². The van der Waals surface area contributed by atoms with Crippen LogP contribution in [0.5, 0.6) is 0 Å². The third kappa shape index (κ3) is 8.29. The summed E-state index contributed by atoms with van der Waals surface area (Å²) < 4.78 is 12.5. The second-order valence-corrected chi connectivity index (χ2v) is 6.11. The van der Waals surface area contributed by atoms with Crippen LogP contribution in [0.3, 0.4) is 0 Å². The normalized spacial score (nSPS) is 9.96. The minimum absolute atomic E-state index is 0. The maximum Gasteiger partial charge on any atom is 0.144 e. The molecule has 0 unspecified atom stereocenters. The number of aromatic nitrogens is 2. The number of halogens is 1. The van der Waals surface area contributed by atoms with Gasteiger partial charge in [0.2, 0.25) is 0 Å². The van der Waals surface area contributed by atoms with Gasteiger partial charge in [-0.2, -0.15) is 0 Å². The molecule has 0 amide bonds. The second kappa shape index (κ2) is 9.93. The maximum atomic E-state index is 12.5. The number of aryl methyl sites for hydroxylation is 2. The molecule has 2 heterocycles. The molecule has 2 aromatic heterocycles. The lowest BCUT2D eigenvalue weighted by molar-refractivity contribution is 0.610. The highest BCUT2D eigenvalue weighted by atomic mass is 19.1. The minimum atomic E-state index is -0.227. The summed E-state index contributed by atoms with van der Waals surface area (Å²) >= 11 is 0. The van der Waals surface area contributed by atoms with Crippen molar-refractivity contribution < 1.29 is 5.82 Å². The number of nitrogens with zero attached hydrogens (tertiary/aromatic N) is 2. The standard InChI is InChI=1S/C10H16N2.C7H8FN.C2H6.H2/c1-8-6-5-7-11-9(8)12-10(2,3)4;1-5-3-9-4-7(8)6(5)2;1-2;/h5-7H,1-4H3,(H,11,12);3-4H,1-2H3;1-2H3;1H. The highest BCUT2D eigenvalue weighted by Crippen LogP contribution is 2.15. The van der Waals surface area contributed by atoms with E-state index < -0.39 is 0 Å². The Morgan fingerprint density at radius 3 is 2.09 bits per heavy atom. The molecule has 0 fully saturated rings. The quantitative estimate of drug-likeness (QED) is 0.731. The first-order valence-electron chi connectivity index (χ1n) is 7.97. The summed E-state index contributed by atoms with van der Waals surface area (Å²) in [7, 11) is 0. The van der Waals surface area contributed by atoms with Gasteiger partial charge in [-0.3, -0.25) is 4.98 Å². The van der Waals surface area contributed by atoms with E-state index >= 15 is 0 Å². The molecule has 0 aliphatic carbocycles. The van der Waals surface area contributed by atoms with E-state index in [0.29, 0.717) is 5.56 Å². The zero-order chi connectivity index (χ0) is 18.0. The highest BCUT2D eigenvalue weighted by molar-refractivity contribution is 5.44. The summed E-state index contributed by atoms with van der Waals surface area (Å²) in [6, 6.07) is 4.00. The van der Waals surface area contributed by atoms with Crippen molar-refractivity contribution >= 4 is 5.82 Å². The van der Waals surface area contributed by atoms with Crippen LogP contribution in [0, 0.1) is 26.6 Å². The smallest absolute Gasteiger partial charge is 0.144 e. The molecule has 1 N–H and O–H groups in total. The van der Waals surface area contributed by atoms with Crippen LogP contribution in [0.4, 0.5) is 10.2 Å². The lowest BCUT2D eigenvalue weighted by Gasteiger charge is -2.22. The van der Waals surface area contributed by atoms with Crippen molar-refractivity contribution in [2.24, 2.45) is 0 Å². The Kier molecular flexibility index (Phi) is 9.08. The summed E-state index contributed by atoms with van der Waals surface area (Å²) in [5.41, 5.74) is 2.85. The average molecular weight is 321 g/mol. The molecule has 0 aliphatic heterocycles. The molecule has 0 saturated carbocycles. The largest absolute Gasteiger partial charge is 0.365 e. The Bertz CT molecular complexity index is 575. The first-order chi connectivity index (χ1) is 10.7. The average Bonchev–Trinajstić information content (AvgIpc) is 2.49. The van der Waals surface area contributed by atoms with Crippen molar-refractivity contribution in [3.8, 4) is 0 Å². The first kappa shape index (κ1) is 21.0. The van der Waals surface area contributed by atoms with Gasteiger partial charge in [0.25, 0.3) is 0 Å². The molecule has 0 aromatic carbocycles. The van der Waals surface area contributed by atoms with Crippen LogP contribution in [-0.2, 0) is 0 Å². The Labute approximate surface area is 141 Å². The fraction of sp³-hybridized carbons (Fsp3) is 0.474. The van der Waals surface area contributed by atoms with Gasteiger partial charge in [-0.25, -0.2) is 9.37 Å². The third-order valence-corrected chi connectivity index (χ3v) is 2.91. The molecule has 0 aliphatic rings. The van der Waals surface area contributed by atoms with E-state index in [1.54, 1.807) is 19.3 Å². The van der Waals surface area contributed by atoms with Crippen molar-refractivity contribution in [1.82, 2.24) is 9.97 Å². The third-order valence-electron chi connectivity index (χ3n) is 2.91. The van der Waals surface area contributed by atoms with Crippen LogP contribution in [0.25, 0.3) is 0 Å². The zero-order valence-electron chi connectivity index (χ0n) is 15.7. The maximum absolute atomic E-state index is 12.5. The molecule has 130 valence electrons. The first-order valence-corrected chi connectivity index (χ1v) is 7.97. The lowest BCUT2D eigenvalue weighted by atomic mass is 10.1. The number of nitrogens with one attached hydrogen (secondary N) is 1. The fourth-order valence-corrected chi connectivity index (χ4v) is 1.57.